The van der Waals surface area contributed by atoms with E-state index in [4.69, 9.17) is 11.6 Å². The van der Waals surface area contributed by atoms with Gasteiger partial charge < -0.3 is 4.98 Å². The summed E-state index contributed by atoms with van der Waals surface area (Å²) in [6.07, 6.45) is 0.867. The lowest BCUT2D eigenvalue weighted by Crippen LogP contribution is -1.76. The van der Waals surface area contributed by atoms with Gasteiger partial charge in [0, 0.05) is 16.1 Å². The number of fused-ring (bicyclic) bond motifs is 1. The van der Waals surface area contributed by atoms with E-state index in [-0.39, 0.29) is 5.82 Å². The van der Waals surface area contributed by atoms with Crippen LogP contribution in [0.3, 0.4) is 0 Å². The molecule has 0 saturated carbocycles. The SMILES string of the molecule is CCc1cc2c(F)cc(Cl)cc2[nH]1. The molecular weight excluding hydrogens is 189 g/mol. The monoisotopic (exact) mass is 197 g/mol. The fraction of sp³-hybridized carbons (Fsp3) is 0.200. The zero-order valence-corrected chi connectivity index (χ0v) is 7.95. The minimum absolute atomic E-state index is 0.265. The summed E-state index contributed by atoms with van der Waals surface area (Å²) in [6.45, 7) is 2.02. The van der Waals surface area contributed by atoms with Gasteiger partial charge in [0.05, 0.1) is 5.52 Å². The summed E-state index contributed by atoms with van der Waals surface area (Å²) >= 11 is 5.72. The molecule has 0 radical (unpaired) electrons. The lowest BCUT2D eigenvalue weighted by atomic mass is 10.2. The number of rotatable bonds is 1. The van der Waals surface area contributed by atoms with Gasteiger partial charge in [-0.25, -0.2) is 4.39 Å². The number of nitrogens with one attached hydrogen (secondary N) is 1. The van der Waals surface area contributed by atoms with Crippen molar-refractivity contribution in [1.82, 2.24) is 4.98 Å². The largest absolute Gasteiger partial charge is 0.358 e. The molecule has 1 aromatic heterocycles. The van der Waals surface area contributed by atoms with E-state index in [1.807, 2.05) is 13.0 Å². The van der Waals surface area contributed by atoms with Crippen LogP contribution in [0.25, 0.3) is 10.9 Å². The molecule has 0 aliphatic rings. The van der Waals surface area contributed by atoms with Crippen molar-refractivity contribution in [2.75, 3.05) is 0 Å². The lowest BCUT2D eigenvalue weighted by molar-refractivity contribution is 0.640. The maximum absolute atomic E-state index is 13.3. The Bertz CT molecular complexity index is 447. The normalized spacial score (nSPS) is 11.0. The number of hydrogen-bond donors (Lipinski definition) is 1. The van der Waals surface area contributed by atoms with E-state index >= 15 is 0 Å². The van der Waals surface area contributed by atoms with Crippen molar-refractivity contribution in [3.05, 3.63) is 34.7 Å². The summed E-state index contributed by atoms with van der Waals surface area (Å²) in [7, 11) is 0. The van der Waals surface area contributed by atoms with Crippen LogP contribution in [0.4, 0.5) is 4.39 Å². The maximum atomic E-state index is 13.3. The molecule has 0 bridgehead atoms. The number of H-pyrrole nitrogens is 1. The summed E-state index contributed by atoms with van der Waals surface area (Å²) in [5.41, 5.74) is 1.79. The zero-order chi connectivity index (χ0) is 9.42. The van der Waals surface area contributed by atoms with Gasteiger partial charge >= 0.3 is 0 Å². The molecule has 2 rings (SSSR count). The van der Waals surface area contributed by atoms with Crippen molar-refractivity contribution in [1.29, 1.82) is 0 Å². The van der Waals surface area contributed by atoms with Crippen LogP contribution in [0.1, 0.15) is 12.6 Å². The lowest BCUT2D eigenvalue weighted by Gasteiger charge is -1.92. The van der Waals surface area contributed by atoms with Crippen LogP contribution >= 0.6 is 11.6 Å². The number of benzene rings is 1. The van der Waals surface area contributed by atoms with Gasteiger partial charge in [-0.3, -0.25) is 0 Å². The topological polar surface area (TPSA) is 15.8 Å². The summed E-state index contributed by atoms with van der Waals surface area (Å²) < 4.78 is 13.3. The molecule has 0 saturated heterocycles. The fourth-order valence-electron chi connectivity index (χ4n) is 1.41. The first-order valence-corrected chi connectivity index (χ1v) is 4.55. The highest BCUT2D eigenvalue weighted by atomic mass is 35.5. The van der Waals surface area contributed by atoms with Crippen LogP contribution in [-0.4, -0.2) is 4.98 Å². The van der Waals surface area contributed by atoms with E-state index < -0.39 is 0 Å². The van der Waals surface area contributed by atoms with Crippen LogP contribution in [0.15, 0.2) is 18.2 Å². The Labute approximate surface area is 80.5 Å². The third kappa shape index (κ3) is 1.42. The van der Waals surface area contributed by atoms with Gasteiger partial charge in [0.1, 0.15) is 5.82 Å². The number of aromatic amines is 1. The molecule has 68 valence electrons. The first-order valence-electron chi connectivity index (χ1n) is 4.17. The van der Waals surface area contributed by atoms with Crippen molar-refractivity contribution < 1.29 is 4.39 Å². The van der Waals surface area contributed by atoms with Crippen LogP contribution in [-0.2, 0) is 6.42 Å². The van der Waals surface area contributed by atoms with Gasteiger partial charge in [-0.1, -0.05) is 18.5 Å². The molecule has 0 aliphatic carbocycles. The van der Waals surface area contributed by atoms with Crippen molar-refractivity contribution in [3.63, 3.8) is 0 Å². The molecule has 1 N–H and O–H groups in total. The third-order valence-corrected chi connectivity index (χ3v) is 2.31. The Balaban J connectivity index is 2.75. The highest BCUT2D eigenvalue weighted by Gasteiger charge is 2.05. The standard InChI is InChI=1S/C10H9ClFN/c1-2-7-5-8-9(12)3-6(11)4-10(8)13-7/h3-5,13H,2H2,1H3. The molecule has 3 heteroatoms. The Morgan fingerprint density at radius 2 is 2.15 bits per heavy atom. The van der Waals surface area contributed by atoms with Crippen molar-refractivity contribution in [3.8, 4) is 0 Å². The van der Waals surface area contributed by atoms with E-state index in [1.54, 1.807) is 6.07 Å². The molecule has 0 atom stereocenters. The summed E-state index contributed by atoms with van der Waals surface area (Å²) in [6, 6.07) is 4.89. The van der Waals surface area contributed by atoms with Crippen LogP contribution in [0, 0.1) is 5.82 Å². The molecule has 13 heavy (non-hydrogen) atoms. The first kappa shape index (κ1) is 8.57. The van der Waals surface area contributed by atoms with Crippen LogP contribution < -0.4 is 0 Å². The number of halogens is 2. The minimum atomic E-state index is -0.265. The molecule has 1 aromatic carbocycles. The smallest absolute Gasteiger partial charge is 0.134 e. The Morgan fingerprint density at radius 1 is 1.38 bits per heavy atom. The average Bonchev–Trinajstić information content (AvgIpc) is 2.47. The second-order valence-corrected chi connectivity index (χ2v) is 3.43. The molecule has 0 unspecified atom stereocenters. The summed E-state index contributed by atoms with van der Waals surface area (Å²) in [4.78, 5) is 3.10. The predicted molar refractivity (Wildman–Crippen MR) is 52.6 cm³/mol. The second kappa shape index (κ2) is 3.04. The fourth-order valence-corrected chi connectivity index (χ4v) is 1.61. The molecule has 1 heterocycles. The number of aromatic nitrogens is 1. The number of hydrogen-bond acceptors (Lipinski definition) is 0. The maximum Gasteiger partial charge on any atom is 0.134 e. The van der Waals surface area contributed by atoms with Gasteiger partial charge in [0.25, 0.3) is 0 Å². The van der Waals surface area contributed by atoms with E-state index in [2.05, 4.69) is 4.98 Å². The van der Waals surface area contributed by atoms with Crippen molar-refractivity contribution in [2.24, 2.45) is 0 Å². The molecule has 2 aromatic rings. The first-order chi connectivity index (χ1) is 6.20. The number of aryl methyl sites for hydroxylation is 1. The van der Waals surface area contributed by atoms with Gasteiger partial charge in [-0.05, 0) is 24.6 Å². The Kier molecular flexibility index (Phi) is 2.00. The van der Waals surface area contributed by atoms with E-state index in [0.29, 0.717) is 10.4 Å². The zero-order valence-electron chi connectivity index (χ0n) is 7.20. The summed E-state index contributed by atoms with van der Waals surface area (Å²) in [5.74, 6) is -0.265. The van der Waals surface area contributed by atoms with Crippen LogP contribution in [0.5, 0.6) is 0 Å². The molecular formula is C10H9ClFN. The van der Waals surface area contributed by atoms with Gasteiger partial charge in [0.15, 0.2) is 0 Å². The minimum Gasteiger partial charge on any atom is -0.358 e. The summed E-state index contributed by atoms with van der Waals surface area (Å²) in [5, 5.41) is 1.04. The van der Waals surface area contributed by atoms with Gasteiger partial charge in [0.2, 0.25) is 0 Å². The van der Waals surface area contributed by atoms with Crippen molar-refractivity contribution >= 4 is 22.5 Å². The quantitative estimate of drug-likeness (QED) is 0.720. The third-order valence-electron chi connectivity index (χ3n) is 2.09. The van der Waals surface area contributed by atoms with Crippen LogP contribution in [0.2, 0.25) is 5.02 Å². The Morgan fingerprint density at radius 3 is 2.85 bits per heavy atom. The molecule has 0 spiro atoms. The van der Waals surface area contributed by atoms with Gasteiger partial charge in [-0.15, -0.1) is 0 Å². The van der Waals surface area contributed by atoms with Crippen molar-refractivity contribution in [2.45, 2.75) is 13.3 Å². The van der Waals surface area contributed by atoms with E-state index in [0.717, 1.165) is 17.6 Å². The molecule has 1 nitrogen and oxygen atoms in total. The Hall–Kier alpha value is -1.02. The van der Waals surface area contributed by atoms with E-state index in [1.165, 1.54) is 6.07 Å². The average molecular weight is 198 g/mol. The molecule has 0 fully saturated rings. The predicted octanol–water partition coefficient (Wildman–Crippen LogP) is 3.52. The molecule has 0 amide bonds. The highest BCUT2D eigenvalue weighted by molar-refractivity contribution is 6.31. The van der Waals surface area contributed by atoms with Gasteiger partial charge in [-0.2, -0.15) is 0 Å². The van der Waals surface area contributed by atoms with E-state index in [9.17, 15) is 4.39 Å². The highest BCUT2D eigenvalue weighted by Crippen LogP contribution is 2.23. The second-order valence-electron chi connectivity index (χ2n) is 3.00. The molecule has 0 aliphatic heterocycles.